The molecule has 0 bridgehead atoms. The first-order chi connectivity index (χ1) is 9.58. The summed E-state index contributed by atoms with van der Waals surface area (Å²) < 4.78 is 1.86. The number of aryl methyl sites for hydroxylation is 2. The highest BCUT2D eigenvalue weighted by atomic mass is 35.5. The van der Waals surface area contributed by atoms with Gasteiger partial charge in [-0.25, -0.2) is 0 Å². The van der Waals surface area contributed by atoms with E-state index in [9.17, 15) is 4.79 Å². The van der Waals surface area contributed by atoms with Crippen LogP contribution in [0.25, 0.3) is 0 Å². The molecule has 0 amide bonds. The number of Topliss-reactive ketones (excluding diaryl/α,β-unsaturated/α-hetero) is 1. The number of halogens is 1. The Morgan fingerprint density at radius 2 is 2.10 bits per heavy atom. The zero-order valence-electron chi connectivity index (χ0n) is 12.2. The summed E-state index contributed by atoms with van der Waals surface area (Å²) in [7, 11) is 0. The summed E-state index contributed by atoms with van der Waals surface area (Å²) >= 11 is 10.0. The molecule has 0 aromatic carbocycles. The predicted molar refractivity (Wildman–Crippen MR) is 89.1 cm³/mol. The van der Waals surface area contributed by atoms with E-state index in [0.717, 1.165) is 35.9 Å². The quantitative estimate of drug-likeness (QED) is 0.825. The first-order valence-electron chi connectivity index (χ1n) is 7.06. The third kappa shape index (κ3) is 3.37. The molecule has 0 saturated carbocycles. The largest absolute Gasteiger partial charge is 0.298 e. The lowest BCUT2D eigenvalue weighted by atomic mass is 10.1. The molecule has 2 unspecified atom stereocenters. The van der Waals surface area contributed by atoms with E-state index in [0.29, 0.717) is 22.5 Å². The fourth-order valence-electron chi connectivity index (χ4n) is 2.50. The Morgan fingerprint density at radius 3 is 2.75 bits per heavy atom. The molecule has 1 aromatic rings. The number of thioether (sulfide) groups is 2. The third-order valence-electron chi connectivity index (χ3n) is 3.56. The Hall–Kier alpha value is -0.130. The lowest BCUT2D eigenvalue weighted by molar-refractivity contribution is -0.118. The van der Waals surface area contributed by atoms with Gasteiger partial charge in [0.25, 0.3) is 0 Å². The minimum Gasteiger partial charge on any atom is -0.298 e. The second-order valence-corrected chi connectivity index (χ2v) is 7.89. The molecule has 6 heteroatoms. The maximum absolute atomic E-state index is 12.6. The Bertz CT molecular complexity index is 490. The average molecular weight is 333 g/mol. The van der Waals surface area contributed by atoms with Gasteiger partial charge in [-0.15, -0.1) is 11.8 Å². The van der Waals surface area contributed by atoms with Crippen molar-refractivity contribution in [3.63, 3.8) is 0 Å². The average Bonchev–Trinajstić information content (AvgIpc) is 2.74. The third-order valence-corrected chi connectivity index (χ3v) is 7.35. The van der Waals surface area contributed by atoms with Gasteiger partial charge in [0.15, 0.2) is 5.78 Å². The molecule has 0 N–H and O–H groups in total. The fourth-order valence-corrected chi connectivity index (χ4v) is 5.74. The predicted octanol–water partition coefficient (Wildman–Crippen LogP) is 3.60. The molecule has 2 atom stereocenters. The van der Waals surface area contributed by atoms with Crippen molar-refractivity contribution in [1.82, 2.24) is 9.78 Å². The number of rotatable bonds is 5. The molecule has 0 aliphatic carbocycles. The molecule has 2 heterocycles. The van der Waals surface area contributed by atoms with Crippen LogP contribution in [0.3, 0.4) is 0 Å². The SMILES string of the molecule is CCC1SCCSC1C(=O)Cc1c(Cl)c(C)nn1CC. The lowest BCUT2D eigenvalue weighted by Gasteiger charge is -2.28. The van der Waals surface area contributed by atoms with Gasteiger partial charge >= 0.3 is 0 Å². The number of nitrogens with zero attached hydrogens (tertiary/aromatic N) is 2. The highest BCUT2D eigenvalue weighted by molar-refractivity contribution is 8.07. The fraction of sp³-hybridized carbons (Fsp3) is 0.714. The Balaban J connectivity index is 2.14. The molecule has 0 radical (unpaired) electrons. The van der Waals surface area contributed by atoms with Crippen molar-refractivity contribution in [2.45, 2.75) is 50.7 Å². The highest BCUT2D eigenvalue weighted by Gasteiger charge is 2.31. The van der Waals surface area contributed by atoms with Gasteiger partial charge in [-0.05, 0) is 20.3 Å². The van der Waals surface area contributed by atoms with Crippen LogP contribution in [0.5, 0.6) is 0 Å². The van der Waals surface area contributed by atoms with E-state index in [2.05, 4.69) is 12.0 Å². The maximum Gasteiger partial charge on any atom is 0.152 e. The van der Waals surface area contributed by atoms with E-state index >= 15 is 0 Å². The van der Waals surface area contributed by atoms with Gasteiger partial charge in [-0.3, -0.25) is 9.48 Å². The van der Waals surface area contributed by atoms with E-state index in [1.54, 1.807) is 11.8 Å². The summed E-state index contributed by atoms with van der Waals surface area (Å²) in [5.41, 5.74) is 1.69. The van der Waals surface area contributed by atoms with Crippen molar-refractivity contribution in [1.29, 1.82) is 0 Å². The summed E-state index contributed by atoms with van der Waals surface area (Å²) in [5, 5.41) is 5.59. The highest BCUT2D eigenvalue weighted by Crippen LogP contribution is 2.35. The van der Waals surface area contributed by atoms with Gasteiger partial charge in [0.2, 0.25) is 0 Å². The summed E-state index contributed by atoms with van der Waals surface area (Å²) in [5.74, 6) is 2.52. The first-order valence-corrected chi connectivity index (χ1v) is 9.53. The van der Waals surface area contributed by atoms with E-state index in [-0.39, 0.29) is 5.25 Å². The van der Waals surface area contributed by atoms with E-state index in [1.807, 2.05) is 30.3 Å². The van der Waals surface area contributed by atoms with Crippen molar-refractivity contribution in [2.75, 3.05) is 11.5 Å². The molecule has 1 aliphatic rings. The zero-order valence-corrected chi connectivity index (χ0v) is 14.6. The second kappa shape index (κ2) is 7.23. The van der Waals surface area contributed by atoms with Crippen molar-refractivity contribution in [3.8, 4) is 0 Å². The molecular formula is C14H21ClN2OS2. The second-order valence-electron chi connectivity index (χ2n) is 4.91. The molecule has 1 saturated heterocycles. The van der Waals surface area contributed by atoms with Gasteiger partial charge in [0.05, 0.1) is 28.1 Å². The molecule has 1 fully saturated rings. The van der Waals surface area contributed by atoms with Crippen molar-refractivity contribution < 1.29 is 4.79 Å². The summed E-state index contributed by atoms with van der Waals surface area (Å²) in [6.07, 6.45) is 1.45. The molecule has 1 aromatic heterocycles. The molecule has 0 spiro atoms. The van der Waals surface area contributed by atoms with Crippen LogP contribution in [-0.2, 0) is 17.8 Å². The lowest BCUT2D eigenvalue weighted by Crippen LogP contribution is -2.34. The summed E-state index contributed by atoms with van der Waals surface area (Å²) in [6.45, 7) is 6.83. The zero-order chi connectivity index (χ0) is 14.7. The van der Waals surface area contributed by atoms with Gasteiger partial charge in [-0.1, -0.05) is 18.5 Å². The van der Waals surface area contributed by atoms with Crippen LogP contribution in [0.15, 0.2) is 0 Å². The van der Waals surface area contributed by atoms with E-state index in [1.165, 1.54) is 0 Å². The Morgan fingerprint density at radius 1 is 1.40 bits per heavy atom. The summed E-state index contributed by atoms with van der Waals surface area (Å²) in [6, 6.07) is 0. The molecule has 2 rings (SSSR count). The first kappa shape index (κ1) is 16.2. The minimum atomic E-state index is 0.107. The number of hydrogen-bond donors (Lipinski definition) is 0. The maximum atomic E-state index is 12.6. The molecule has 20 heavy (non-hydrogen) atoms. The molecular weight excluding hydrogens is 312 g/mol. The van der Waals surface area contributed by atoms with Crippen molar-refractivity contribution in [3.05, 3.63) is 16.4 Å². The van der Waals surface area contributed by atoms with Crippen molar-refractivity contribution >= 4 is 40.9 Å². The van der Waals surface area contributed by atoms with Crippen LogP contribution in [0.2, 0.25) is 5.02 Å². The van der Waals surface area contributed by atoms with Gasteiger partial charge in [-0.2, -0.15) is 16.9 Å². The molecule has 1 aliphatic heterocycles. The Kier molecular flexibility index (Phi) is 5.87. The monoisotopic (exact) mass is 332 g/mol. The summed E-state index contributed by atoms with van der Waals surface area (Å²) in [4.78, 5) is 12.6. The number of aromatic nitrogens is 2. The normalized spacial score (nSPS) is 23.0. The van der Waals surface area contributed by atoms with Crippen LogP contribution in [0, 0.1) is 6.92 Å². The Labute approximate surface area is 134 Å². The minimum absolute atomic E-state index is 0.107. The van der Waals surface area contributed by atoms with Crippen LogP contribution in [0.1, 0.15) is 31.7 Å². The van der Waals surface area contributed by atoms with Gasteiger partial charge in [0, 0.05) is 23.3 Å². The standard InChI is InChI=1S/C14H21ClN2OS2/c1-4-12-14(20-7-6-19-12)11(18)8-10-13(15)9(3)16-17(10)5-2/h12,14H,4-8H2,1-3H3. The van der Waals surface area contributed by atoms with Crippen LogP contribution in [0.4, 0.5) is 0 Å². The smallest absolute Gasteiger partial charge is 0.152 e. The van der Waals surface area contributed by atoms with Crippen LogP contribution in [-0.4, -0.2) is 37.6 Å². The van der Waals surface area contributed by atoms with Crippen molar-refractivity contribution in [2.24, 2.45) is 0 Å². The van der Waals surface area contributed by atoms with E-state index < -0.39 is 0 Å². The number of ketones is 1. The van der Waals surface area contributed by atoms with Gasteiger partial charge < -0.3 is 0 Å². The molecule has 3 nitrogen and oxygen atoms in total. The van der Waals surface area contributed by atoms with Gasteiger partial charge in [0.1, 0.15) is 0 Å². The number of hydrogen-bond acceptors (Lipinski definition) is 4. The topological polar surface area (TPSA) is 34.9 Å². The number of carbonyl (C=O) groups excluding carboxylic acids is 1. The molecule has 112 valence electrons. The number of carbonyl (C=O) groups is 1. The van der Waals surface area contributed by atoms with Crippen LogP contribution < -0.4 is 0 Å². The van der Waals surface area contributed by atoms with E-state index in [4.69, 9.17) is 11.6 Å². The van der Waals surface area contributed by atoms with Crippen LogP contribution >= 0.6 is 35.1 Å².